The highest BCUT2D eigenvalue weighted by atomic mass is 16.6. The molecule has 216 valence electrons. The minimum absolute atomic E-state index is 0.0895. The van der Waals surface area contributed by atoms with E-state index < -0.39 is 17.9 Å². The minimum Gasteiger partial charge on any atom is -0.548 e. The van der Waals surface area contributed by atoms with E-state index in [9.17, 15) is 19.5 Å². The molecule has 0 spiro atoms. The topological polar surface area (TPSA) is 183 Å². The standard InChI is InChI=1S/C25H42N4O9/c1-27-21-4-2-20(3-5-21)24(31)29-22(25(32)33)6-7-23(30)28-9-11-35-13-15-37-17-19-38-18-16-36-14-12-34-10-8-26/h2-5,22,27H,6-19,26H2,1H3,(H,28,30)(H,29,31)(H,32,33)/p-1. The fourth-order valence-electron chi connectivity index (χ4n) is 2.97. The number of rotatable bonds is 24. The number of ether oxygens (including phenoxy) is 5. The molecule has 0 saturated carbocycles. The zero-order chi connectivity index (χ0) is 27.8. The zero-order valence-electron chi connectivity index (χ0n) is 22.0. The Bertz CT molecular complexity index is 781. The summed E-state index contributed by atoms with van der Waals surface area (Å²) in [4.78, 5) is 35.7. The van der Waals surface area contributed by atoms with Crippen molar-refractivity contribution in [2.75, 3.05) is 91.5 Å². The number of anilines is 1. The molecule has 0 bridgehead atoms. The number of nitrogens with two attached hydrogens (primary N) is 1. The first-order valence-electron chi connectivity index (χ1n) is 12.6. The molecule has 0 aliphatic carbocycles. The summed E-state index contributed by atoms with van der Waals surface area (Å²) < 4.78 is 26.6. The molecule has 1 unspecified atom stereocenters. The van der Waals surface area contributed by atoms with Crippen LogP contribution in [0, 0.1) is 0 Å². The second-order valence-electron chi connectivity index (χ2n) is 7.91. The molecule has 1 aromatic carbocycles. The molecular formula is C25H41N4O9-. The van der Waals surface area contributed by atoms with Gasteiger partial charge in [-0.25, -0.2) is 0 Å². The van der Waals surface area contributed by atoms with Crippen molar-refractivity contribution in [3.8, 4) is 0 Å². The normalized spacial score (nSPS) is 11.6. The van der Waals surface area contributed by atoms with Crippen LogP contribution in [0.1, 0.15) is 23.2 Å². The number of nitrogens with one attached hydrogen (secondary N) is 3. The number of carbonyl (C=O) groups is 3. The van der Waals surface area contributed by atoms with Crippen LogP contribution in [-0.2, 0) is 33.3 Å². The van der Waals surface area contributed by atoms with Crippen molar-refractivity contribution in [1.29, 1.82) is 0 Å². The van der Waals surface area contributed by atoms with Crippen LogP contribution >= 0.6 is 0 Å². The van der Waals surface area contributed by atoms with Crippen LogP contribution in [-0.4, -0.2) is 110 Å². The molecule has 0 fully saturated rings. The Morgan fingerprint density at radius 1 is 0.816 bits per heavy atom. The third-order valence-electron chi connectivity index (χ3n) is 5.00. The number of amides is 2. The first kappa shape index (κ1) is 33.2. The van der Waals surface area contributed by atoms with E-state index in [0.717, 1.165) is 5.69 Å². The van der Waals surface area contributed by atoms with Crippen LogP contribution in [0.3, 0.4) is 0 Å². The molecule has 1 aromatic rings. The average Bonchev–Trinajstić information content (AvgIpc) is 2.92. The number of carboxylic acid groups (broad SMARTS) is 1. The van der Waals surface area contributed by atoms with E-state index in [2.05, 4.69) is 16.0 Å². The second kappa shape index (κ2) is 22.2. The molecule has 2 amide bonds. The first-order chi connectivity index (χ1) is 18.5. The van der Waals surface area contributed by atoms with Gasteiger partial charge in [-0.2, -0.15) is 0 Å². The predicted molar refractivity (Wildman–Crippen MR) is 138 cm³/mol. The molecule has 0 saturated heterocycles. The third-order valence-corrected chi connectivity index (χ3v) is 5.00. The van der Waals surface area contributed by atoms with Crippen molar-refractivity contribution >= 4 is 23.5 Å². The molecule has 0 aromatic heterocycles. The van der Waals surface area contributed by atoms with E-state index >= 15 is 0 Å². The van der Waals surface area contributed by atoms with Crippen LogP contribution in [0.15, 0.2) is 24.3 Å². The van der Waals surface area contributed by atoms with Gasteiger partial charge in [-0.3, -0.25) is 9.59 Å². The Morgan fingerprint density at radius 3 is 1.79 bits per heavy atom. The summed E-state index contributed by atoms with van der Waals surface area (Å²) in [5.74, 6) is -2.36. The SMILES string of the molecule is CNc1ccc(C(=O)NC(CCC(=O)NCCOCCOCCOCCOCCOCCN)C(=O)[O-])cc1. The lowest BCUT2D eigenvalue weighted by molar-refractivity contribution is -0.308. The Hall–Kier alpha value is -2.81. The van der Waals surface area contributed by atoms with Crippen LogP contribution in [0.5, 0.6) is 0 Å². The van der Waals surface area contributed by atoms with Crippen molar-refractivity contribution in [1.82, 2.24) is 10.6 Å². The molecule has 13 nitrogen and oxygen atoms in total. The highest BCUT2D eigenvalue weighted by Gasteiger charge is 2.16. The molecule has 0 aliphatic heterocycles. The summed E-state index contributed by atoms with van der Waals surface area (Å²) in [5.41, 5.74) is 6.43. The van der Waals surface area contributed by atoms with Gasteiger partial charge in [0, 0.05) is 37.8 Å². The predicted octanol–water partition coefficient (Wildman–Crippen LogP) is -1.49. The van der Waals surface area contributed by atoms with Crippen LogP contribution in [0.4, 0.5) is 5.69 Å². The number of carbonyl (C=O) groups excluding carboxylic acids is 3. The molecule has 5 N–H and O–H groups in total. The van der Waals surface area contributed by atoms with E-state index in [-0.39, 0.29) is 31.9 Å². The average molecular weight is 542 g/mol. The van der Waals surface area contributed by atoms with E-state index in [4.69, 9.17) is 29.4 Å². The smallest absolute Gasteiger partial charge is 0.251 e. The van der Waals surface area contributed by atoms with Gasteiger partial charge in [0.25, 0.3) is 5.91 Å². The summed E-state index contributed by atoms with van der Waals surface area (Å²) in [7, 11) is 1.75. The molecule has 0 heterocycles. The number of aliphatic carboxylic acids is 1. The van der Waals surface area contributed by atoms with Gasteiger partial charge in [0.2, 0.25) is 5.91 Å². The van der Waals surface area contributed by atoms with Crippen LogP contribution < -0.4 is 26.8 Å². The molecule has 1 rings (SSSR count). The highest BCUT2D eigenvalue weighted by Crippen LogP contribution is 2.09. The Kier molecular flexibility index (Phi) is 19.4. The quantitative estimate of drug-likeness (QED) is 0.112. The summed E-state index contributed by atoms with van der Waals surface area (Å²) in [6, 6.07) is 5.24. The third kappa shape index (κ3) is 16.8. The van der Waals surface area contributed by atoms with E-state index in [0.29, 0.717) is 71.6 Å². The van der Waals surface area contributed by atoms with Gasteiger partial charge in [-0.15, -0.1) is 0 Å². The summed E-state index contributed by atoms with van der Waals surface area (Å²) in [5, 5.41) is 19.3. The van der Waals surface area contributed by atoms with Gasteiger partial charge < -0.3 is 55.3 Å². The van der Waals surface area contributed by atoms with Gasteiger partial charge in [-0.1, -0.05) is 0 Å². The van der Waals surface area contributed by atoms with Crippen molar-refractivity contribution < 1.29 is 43.2 Å². The summed E-state index contributed by atoms with van der Waals surface area (Å²) in [6.45, 7) is 5.15. The fraction of sp³-hybridized carbons (Fsp3) is 0.640. The van der Waals surface area contributed by atoms with Crippen molar-refractivity contribution in [3.05, 3.63) is 29.8 Å². The number of carboxylic acids is 1. The van der Waals surface area contributed by atoms with Gasteiger partial charge in [-0.05, 0) is 30.7 Å². The van der Waals surface area contributed by atoms with E-state index in [1.54, 1.807) is 31.3 Å². The largest absolute Gasteiger partial charge is 0.548 e. The molecule has 0 radical (unpaired) electrons. The zero-order valence-corrected chi connectivity index (χ0v) is 22.0. The fourth-order valence-corrected chi connectivity index (χ4v) is 2.97. The summed E-state index contributed by atoms with van der Waals surface area (Å²) >= 11 is 0. The summed E-state index contributed by atoms with van der Waals surface area (Å²) in [6.07, 6.45) is -0.186. The van der Waals surface area contributed by atoms with Gasteiger partial charge in [0.05, 0.1) is 78.1 Å². The molecule has 38 heavy (non-hydrogen) atoms. The van der Waals surface area contributed by atoms with Crippen molar-refractivity contribution in [2.24, 2.45) is 5.73 Å². The van der Waals surface area contributed by atoms with Gasteiger partial charge >= 0.3 is 0 Å². The van der Waals surface area contributed by atoms with E-state index in [1.165, 1.54) is 0 Å². The monoisotopic (exact) mass is 541 g/mol. The number of hydrogen-bond donors (Lipinski definition) is 4. The molecular weight excluding hydrogens is 500 g/mol. The van der Waals surface area contributed by atoms with Crippen molar-refractivity contribution in [2.45, 2.75) is 18.9 Å². The lowest BCUT2D eigenvalue weighted by atomic mass is 10.1. The second-order valence-corrected chi connectivity index (χ2v) is 7.91. The highest BCUT2D eigenvalue weighted by molar-refractivity contribution is 5.96. The Labute approximate surface area is 223 Å². The van der Waals surface area contributed by atoms with Gasteiger partial charge in [0.15, 0.2) is 0 Å². The lowest BCUT2D eigenvalue weighted by Crippen LogP contribution is -2.48. The molecule has 0 aliphatic rings. The van der Waals surface area contributed by atoms with Gasteiger partial charge in [0.1, 0.15) is 0 Å². The first-order valence-corrected chi connectivity index (χ1v) is 12.6. The van der Waals surface area contributed by atoms with Crippen molar-refractivity contribution in [3.63, 3.8) is 0 Å². The number of benzene rings is 1. The van der Waals surface area contributed by atoms with E-state index in [1.807, 2.05) is 0 Å². The number of hydrogen-bond acceptors (Lipinski definition) is 11. The Morgan fingerprint density at radius 2 is 1.32 bits per heavy atom. The molecule has 1 atom stereocenters. The maximum absolute atomic E-state index is 12.3. The maximum Gasteiger partial charge on any atom is 0.251 e. The Balaban J connectivity index is 2.00. The van der Waals surface area contributed by atoms with Crippen LogP contribution in [0.25, 0.3) is 0 Å². The van der Waals surface area contributed by atoms with Crippen LogP contribution in [0.2, 0.25) is 0 Å². The molecule has 13 heteroatoms. The lowest BCUT2D eigenvalue weighted by Gasteiger charge is -2.19. The minimum atomic E-state index is -1.45. The maximum atomic E-state index is 12.3.